The first-order valence-corrected chi connectivity index (χ1v) is 6.99. The number of benzene rings is 1. The standard InChI is InChI=1S/C17H21NO3/c1-4-21-16-9-14(11-18-12-16)17(2,19)10-13-5-7-15(20-3)8-6-13/h5-9,11-12,19H,4,10H2,1-3H3. The molecule has 0 saturated heterocycles. The predicted molar refractivity (Wildman–Crippen MR) is 81.7 cm³/mol. The number of nitrogens with zero attached hydrogens (tertiary/aromatic N) is 1. The van der Waals surface area contributed by atoms with Gasteiger partial charge in [-0.1, -0.05) is 12.1 Å². The summed E-state index contributed by atoms with van der Waals surface area (Å²) < 4.78 is 10.6. The van der Waals surface area contributed by atoms with Crippen molar-refractivity contribution in [2.75, 3.05) is 13.7 Å². The summed E-state index contributed by atoms with van der Waals surface area (Å²) in [6.07, 6.45) is 3.82. The molecule has 4 heteroatoms. The van der Waals surface area contributed by atoms with Crippen molar-refractivity contribution >= 4 is 0 Å². The summed E-state index contributed by atoms with van der Waals surface area (Å²) in [6, 6.07) is 9.51. The van der Waals surface area contributed by atoms with Crippen molar-refractivity contribution in [3.63, 3.8) is 0 Å². The summed E-state index contributed by atoms with van der Waals surface area (Å²) in [7, 11) is 1.63. The highest BCUT2D eigenvalue weighted by Crippen LogP contribution is 2.27. The van der Waals surface area contributed by atoms with Crippen LogP contribution in [0.15, 0.2) is 42.7 Å². The molecule has 0 saturated carbocycles. The van der Waals surface area contributed by atoms with Crippen LogP contribution in [0.2, 0.25) is 0 Å². The molecule has 112 valence electrons. The van der Waals surface area contributed by atoms with E-state index in [2.05, 4.69) is 4.98 Å². The van der Waals surface area contributed by atoms with Gasteiger partial charge in [0, 0.05) is 18.2 Å². The van der Waals surface area contributed by atoms with Crippen LogP contribution < -0.4 is 9.47 Å². The van der Waals surface area contributed by atoms with Gasteiger partial charge in [0.2, 0.25) is 0 Å². The van der Waals surface area contributed by atoms with Crippen molar-refractivity contribution in [1.82, 2.24) is 4.98 Å². The quantitative estimate of drug-likeness (QED) is 0.887. The van der Waals surface area contributed by atoms with E-state index in [1.54, 1.807) is 26.4 Å². The average molecular weight is 287 g/mol. The lowest BCUT2D eigenvalue weighted by atomic mass is 9.90. The number of rotatable bonds is 6. The lowest BCUT2D eigenvalue weighted by Crippen LogP contribution is -2.24. The van der Waals surface area contributed by atoms with Crippen LogP contribution in [0, 0.1) is 0 Å². The topological polar surface area (TPSA) is 51.6 Å². The van der Waals surface area contributed by atoms with Crippen LogP contribution in [-0.4, -0.2) is 23.8 Å². The van der Waals surface area contributed by atoms with E-state index in [0.29, 0.717) is 18.8 Å². The molecule has 0 spiro atoms. The second-order valence-electron chi connectivity index (χ2n) is 5.14. The zero-order chi connectivity index (χ0) is 15.3. The molecule has 21 heavy (non-hydrogen) atoms. The Balaban J connectivity index is 2.18. The van der Waals surface area contributed by atoms with Gasteiger partial charge in [-0.3, -0.25) is 4.98 Å². The van der Waals surface area contributed by atoms with Gasteiger partial charge in [0.1, 0.15) is 11.5 Å². The summed E-state index contributed by atoms with van der Waals surface area (Å²) in [6.45, 7) is 4.28. The van der Waals surface area contributed by atoms with Crippen LogP contribution in [-0.2, 0) is 12.0 Å². The molecule has 0 fully saturated rings. The molecule has 1 atom stereocenters. The Hall–Kier alpha value is -2.07. The zero-order valence-electron chi connectivity index (χ0n) is 12.7. The first-order chi connectivity index (χ1) is 10.0. The third-order valence-electron chi connectivity index (χ3n) is 3.35. The molecule has 0 aliphatic heterocycles. The first kappa shape index (κ1) is 15.3. The fourth-order valence-electron chi connectivity index (χ4n) is 2.20. The Morgan fingerprint density at radius 2 is 1.86 bits per heavy atom. The van der Waals surface area contributed by atoms with Crippen LogP contribution in [0.4, 0.5) is 0 Å². The van der Waals surface area contributed by atoms with E-state index in [0.717, 1.165) is 16.9 Å². The molecule has 2 aromatic rings. The molecule has 4 nitrogen and oxygen atoms in total. The zero-order valence-corrected chi connectivity index (χ0v) is 12.7. The van der Waals surface area contributed by atoms with Gasteiger partial charge in [-0.05, 0) is 37.6 Å². The molecule has 1 aromatic carbocycles. The highest BCUT2D eigenvalue weighted by Gasteiger charge is 2.24. The Morgan fingerprint density at radius 1 is 1.14 bits per heavy atom. The molecule has 0 aliphatic carbocycles. The van der Waals surface area contributed by atoms with Crippen molar-refractivity contribution in [3.05, 3.63) is 53.9 Å². The maximum atomic E-state index is 10.7. The van der Waals surface area contributed by atoms with E-state index >= 15 is 0 Å². The first-order valence-electron chi connectivity index (χ1n) is 6.99. The molecule has 2 rings (SSSR count). The number of aliphatic hydroxyl groups is 1. The van der Waals surface area contributed by atoms with Gasteiger partial charge >= 0.3 is 0 Å². The SMILES string of the molecule is CCOc1cncc(C(C)(O)Cc2ccc(OC)cc2)c1. The van der Waals surface area contributed by atoms with Crippen LogP contribution in [0.3, 0.4) is 0 Å². The van der Waals surface area contributed by atoms with E-state index in [1.807, 2.05) is 37.3 Å². The van der Waals surface area contributed by atoms with Crippen LogP contribution >= 0.6 is 0 Å². The third kappa shape index (κ3) is 3.95. The number of pyridine rings is 1. The summed E-state index contributed by atoms with van der Waals surface area (Å²) in [5.74, 6) is 1.48. The van der Waals surface area contributed by atoms with E-state index < -0.39 is 5.60 Å². The molecule has 1 heterocycles. The molecular weight excluding hydrogens is 266 g/mol. The van der Waals surface area contributed by atoms with Gasteiger partial charge in [-0.25, -0.2) is 0 Å². The Bertz CT molecular complexity index is 579. The Morgan fingerprint density at radius 3 is 2.48 bits per heavy atom. The molecular formula is C17H21NO3. The van der Waals surface area contributed by atoms with Gasteiger partial charge in [-0.2, -0.15) is 0 Å². The predicted octanol–water partition coefficient (Wildman–Crippen LogP) is 2.94. The maximum absolute atomic E-state index is 10.7. The van der Waals surface area contributed by atoms with Crippen LogP contribution in [0.25, 0.3) is 0 Å². The van der Waals surface area contributed by atoms with Gasteiger partial charge < -0.3 is 14.6 Å². The number of hydrogen-bond acceptors (Lipinski definition) is 4. The highest BCUT2D eigenvalue weighted by molar-refractivity contribution is 5.32. The molecule has 0 aliphatic rings. The molecule has 1 N–H and O–H groups in total. The lowest BCUT2D eigenvalue weighted by molar-refractivity contribution is 0.0569. The van der Waals surface area contributed by atoms with E-state index in [-0.39, 0.29) is 0 Å². The van der Waals surface area contributed by atoms with Gasteiger partial charge in [0.15, 0.2) is 0 Å². The van der Waals surface area contributed by atoms with Crippen molar-refractivity contribution in [3.8, 4) is 11.5 Å². The van der Waals surface area contributed by atoms with Gasteiger partial charge in [-0.15, -0.1) is 0 Å². The van der Waals surface area contributed by atoms with E-state index in [4.69, 9.17) is 9.47 Å². The van der Waals surface area contributed by atoms with Crippen molar-refractivity contribution < 1.29 is 14.6 Å². The molecule has 1 aromatic heterocycles. The minimum absolute atomic E-state index is 0.494. The Labute approximate surface area is 125 Å². The number of methoxy groups -OCH3 is 1. The van der Waals surface area contributed by atoms with Crippen molar-refractivity contribution in [2.45, 2.75) is 25.9 Å². The summed E-state index contributed by atoms with van der Waals surface area (Å²) in [5, 5.41) is 10.7. The normalized spacial score (nSPS) is 13.5. The average Bonchev–Trinajstić information content (AvgIpc) is 2.48. The summed E-state index contributed by atoms with van der Waals surface area (Å²) in [5.41, 5.74) is 0.765. The van der Waals surface area contributed by atoms with Crippen molar-refractivity contribution in [1.29, 1.82) is 0 Å². The third-order valence-corrected chi connectivity index (χ3v) is 3.35. The largest absolute Gasteiger partial charge is 0.497 e. The fourth-order valence-corrected chi connectivity index (χ4v) is 2.20. The number of ether oxygens (including phenoxy) is 2. The Kier molecular flexibility index (Phi) is 4.81. The summed E-state index contributed by atoms with van der Waals surface area (Å²) in [4.78, 5) is 4.13. The monoisotopic (exact) mass is 287 g/mol. The number of aromatic nitrogens is 1. The van der Waals surface area contributed by atoms with Crippen LogP contribution in [0.1, 0.15) is 25.0 Å². The van der Waals surface area contributed by atoms with E-state index in [9.17, 15) is 5.11 Å². The minimum Gasteiger partial charge on any atom is -0.497 e. The maximum Gasteiger partial charge on any atom is 0.137 e. The van der Waals surface area contributed by atoms with Gasteiger partial charge in [0.05, 0.1) is 25.5 Å². The second kappa shape index (κ2) is 6.59. The van der Waals surface area contributed by atoms with E-state index in [1.165, 1.54) is 0 Å². The van der Waals surface area contributed by atoms with Crippen molar-refractivity contribution in [2.24, 2.45) is 0 Å². The van der Waals surface area contributed by atoms with Gasteiger partial charge in [0.25, 0.3) is 0 Å². The number of hydrogen-bond donors (Lipinski definition) is 1. The smallest absolute Gasteiger partial charge is 0.137 e. The molecule has 0 bridgehead atoms. The molecule has 0 amide bonds. The fraction of sp³-hybridized carbons (Fsp3) is 0.353. The minimum atomic E-state index is -1.01. The second-order valence-corrected chi connectivity index (χ2v) is 5.14. The molecule has 1 unspecified atom stereocenters. The highest BCUT2D eigenvalue weighted by atomic mass is 16.5. The lowest BCUT2D eigenvalue weighted by Gasteiger charge is -2.24. The molecule has 0 radical (unpaired) electrons. The van der Waals surface area contributed by atoms with Crippen LogP contribution in [0.5, 0.6) is 11.5 Å². The summed E-state index contributed by atoms with van der Waals surface area (Å²) >= 11 is 0.